The standard InChI is InChI=1S/C15H20N4O/c16-8-10-19-11-14(18-12-19)15(20)17-9-4-7-13-5-2-1-3-6-13/h1-3,5-6,11-12H,4,7-10,16H2,(H,17,20). The molecule has 1 aromatic heterocycles. The Balaban J connectivity index is 1.72. The Morgan fingerprint density at radius 1 is 1.30 bits per heavy atom. The van der Waals surface area contributed by atoms with E-state index >= 15 is 0 Å². The van der Waals surface area contributed by atoms with Crippen molar-refractivity contribution in [3.8, 4) is 0 Å². The first-order valence-electron chi connectivity index (χ1n) is 6.83. The number of imidazole rings is 1. The van der Waals surface area contributed by atoms with E-state index in [4.69, 9.17) is 5.73 Å². The molecule has 5 heteroatoms. The van der Waals surface area contributed by atoms with Crippen LogP contribution in [-0.2, 0) is 13.0 Å². The van der Waals surface area contributed by atoms with Gasteiger partial charge in [-0.1, -0.05) is 30.3 Å². The number of nitrogens with zero attached hydrogens (tertiary/aromatic N) is 2. The lowest BCUT2D eigenvalue weighted by Crippen LogP contribution is -2.25. The second-order valence-corrected chi connectivity index (χ2v) is 4.63. The third-order valence-corrected chi connectivity index (χ3v) is 3.02. The van der Waals surface area contributed by atoms with Crippen LogP contribution in [0.25, 0.3) is 0 Å². The Hall–Kier alpha value is -2.14. The van der Waals surface area contributed by atoms with Gasteiger partial charge in [-0.15, -0.1) is 0 Å². The zero-order valence-electron chi connectivity index (χ0n) is 11.5. The highest BCUT2D eigenvalue weighted by atomic mass is 16.1. The molecular weight excluding hydrogens is 252 g/mol. The maximum atomic E-state index is 11.9. The Kier molecular flexibility index (Phi) is 5.32. The highest BCUT2D eigenvalue weighted by molar-refractivity contribution is 5.91. The smallest absolute Gasteiger partial charge is 0.271 e. The molecule has 0 radical (unpaired) electrons. The highest BCUT2D eigenvalue weighted by Gasteiger charge is 2.08. The van der Waals surface area contributed by atoms with Crippen molar-refractivity contribution >= 4 is 5.91 Å². The van der Waals surface area contributed by atoms with Crippen LogP contribution >= 0.6 is 0 Å². The number of aromatic nitrogens is 2. The first kappa shape index (κ1) is 14.3. The number of amides is 1. The maximum Gasteiger partial charge on any atom is 0.271 e. The molecule has 0 unspecified atom stereocenters. The minimum atomic E-state index is -0.131. The van der Waals surface area contributed by atoms with Crippen molar-refractivity contribution in [2.45, 2.75) is 19.4 Å². The van der Waals surface area contributed by atoms with Crippen LogP contribution in [0.3, 0.4) is 0 Å². The highest BCUT2D eigenvalue weighted by Crippen LogP contribution is 2.02. The van der Waals surface area contributed by atoms with Gasteiger partial charge in [-0.05, 0) is 18.4 Å². The van der Waals surface area contributed by atoms with Crippen LogP contribution in [-0.4, -0.2) is 28.5 Å². The summed E-state index contributed by atoms with van der Waals surface area (Å²) in [4.78, 5) is 15.9. The van der Waals surface area contributed by atoms with Gasteiger partial charge in [0.1, 0.15) is 5.69 Å². The number of carbonyl (C=O) groups excluding carboxylic acids is 1. The van der Waals surface area contributed by atoms with E-state index < -0.39 is 0 Å². The molecule has 5 nitrogen and oxygen atoms in total. The van der Waals surface area contributed by atoms with Gasteiger partial charge in [0.05, 0.1) is 6.33 Å². The van der Waals surface area contributed by atoms with Gasteiger partial charge in [0.2, 0.25) is 0 Å². The second-order valence-electron chi connectivity index (χ2n) is 4.63. The predicted octanol–water partition coefficient (Wildman–Crippen LogP) is 1.20. The van der Waals surface area contributed by atoms with Crippen molar-refractivity contribution in [3.63, 3.8) is 0 Å². The molecule has 2 rings (SSSR count). The third kappa shape index (κ3) is 4.20. The van der Waals surface area contributed by atoms with Gasteiger partial charge in [-0.25, -0.2) is 4.98 Å². The summed E-state index contributed by atoms with van der Waals surface area (Å²) in [5.74, 6) is -0.131. The van der Waals surface area contributed by atoms with E-state index in [-0.39, 0.29) is 5.91 Å². The molecule has 0 fully saturated rings. The van der Waals surface area contributed by atoms with Crippen LogP contribution in [0.2, 0.25) is 0 Å². The summed E-state index contributed by atoms with van der Waals surface area (Å²) in [6.07, 6.45) is 5.23. The van der Waals surface area contributed by atoms with E-state index in [0.717, 1.165) is 12.8 Å². The third-order valence-electron chi connectivity index (χ3n) is 3.02. The minimum absolute atomic E-state index is 0.131. The van der Waals surface area contributed by atoms with Crippen LogP contribution in [0.5, 0.6) is 0 Å². The fraction of sp³-hybridized carbons (Fsp3) is 0.333. The first-order chi connectivity index (χ1) is 9.79. The topological polar surface area (TPSA) is 72.9 Å². The summed E-state index contributed by atoms with van der Waals surface area (Å²) in [6.45, 7) is 1.86. The summed E-state index contributed by atoms with van der Waals surface area (Å²) < 4.78 is 1.82. The Morgan fingerprint density at radius 3 is 2.85 bits per heavy atom. The number of hydrogen-bond donors (Lipinski definition) is 2. The molecule has 3 N–H and O–H groups in total. The molecule has 0 atom stereocenters. The number of hydrogen-bond acceptors (Lipinski definition) is 3. The van der Waals surface area contributed by atoms with E-state index in [1.54, 1.807) is 12.5 Å². The summed E-state index contributed by atoms with van der Waals surface area (Å²) in [6, 6.07) is 10.2. The molecule has 1 aromatic carbocycles. The van der Waals surface area contributed by atoms with E-state index in [1.807, 2.05) is 22.8 Å². The largest absolute Gasteiger partial charge is 0.351 e. The van der Waals surface area contributed by atoms with Crippen LogP contribution in [0.1, 0.15) is 22.5 Å². The molecule has 20 heavy (non-hydrogen) atoms. The number of benzene rings is 1. The number of aryl methyl sites for hydroxylation is 1. The van der Waals surface area contributed by atoms with Crippen LogP contribution in [0.15, 0.2) is 42.9 Å². The monoisotopic (exact) mass is 272 g/mol. The molecule has 0 aliphatic carbocycles. The molecule has 0 aliphatic heterocycles. The van der Waals surface area contributed by atoms with Gasteiger partial charge in [0.25, 0.3) is 5.91 Å². The van der Waals surface area contributed by atoms with E-state index in [2.05, 4.69) is 22.4 Å². The summed E-state index contributed by atoms with van der Waals surface area (Å²) >= 11 is 0. The summed E-state index contributed by atoms with van der Waals surface area (Å²) in [5, 5.41) is 2.88. The molecule has 0 spiro atoms. The molecule has 0 saturated carbocycles. The molecule has 0 bridgehead atoms. The number of nitrogens with two attached hydrogens (primary N) is 1. The van der Waals surface area contributed by atoms with Crippen molar-refractivity contribution < 1.29 is 4.79 Å². The van der Waals surface area contributed by atoms with Gasteiger partial charge in [-0.3, -0.25) is 4.79 Å². The molecule has 1 heterocycles. The zero-order valence-corrected chi connectivity index (χ0v) is 11.5. The van der Waals surface area contributed by atoms with Gasteiger partial charge >= 0.3 is 0 Å². The molecule has 0 saturated heterocycles. The first-order valence-corrected chi connectivity index (χ1v) is 6.83. The fourth-order valence-corrected chi connectivity index (χ4v) is 1.98. The van der Waals surface area contributed by atoms with Crippen molar-refractivity contribution in [2.24, 2.45) is 5.73 Å². The number of carbonyl (C=O) groups is 1. The molecule has 0 aliphatic rings. The number of rotatable bonds is 7. The average Bonchev–Trinajstić information content (AvgIpc) is 2.94. The maximum absolute atomic E-state index is 11.9. The molecule has 1 amide bonds. The lowest BCUT2D eigenvalue weighted by atomic mass is 10.1. The van der Waals surface area contributed by atoms with Crippen molar-refractivity contribution in [2.75, 3.05) is 13.1 Å². The quantitative estimate of drug-likeness (QED) is 0.744. The minimum Gasteiger partial charge on any atom is -0.351 e. The average molecular weight is 272 g/mol. The Labute approximate surface area is 118 Å². The summed E-state index contributed by atoms with van der Waals surface area (Å²) in [5.41, 5.74) is 7.18. The van der Waals surface area contributed by atoms with Gasteiger partial charge in [0.15, 0.2) is 0 Å². The van der Waals surface area contributed by atoms with Gasteiger partial charge < -0.3 is 15.6 Å². The van der Waals surface area contributed by atoms with Crippen molar-refractivity contribution in [1.82, 2.24) is 14.9 Å². The van der Waals surface area contributed by atoms with Crippen LogP contribution in [0, 0.1) is 0 Å². The van der Waals surface area contributed by atoms with E-state index in [0.29, 0.717) is 25.3 Å². The lowest BCUT2D eigenvalue weighted by molar-refractivity contribution is 0.0948. The second kappa shape index (κ2) is 7.45. The predicted molar refractivity (Wildman–Crippen MR) is 78.4 cm³/mol. The number of nitrogens with one attached hydrogen (secondary N) is 1. The Morgan fingerprint density at radius 2 is 2.10 bits per heavy atom. The fourth-order valence-electron chi connectivity index (χ4n) is 1.98. The normalized spacial score (nSPS) is 10.4. The Bertz CT molecular complexity index is 536. The molecule has 106 valence electrons. The summed E-state index contributed by atoms with van der Waals surface area (Å²) in [7, 11) is 0. The van der Waals surface area contributed by atoms with Gasteiger partial charge in [-0.2, -0.15) is 0 Å². The van der Waals surface area contributed by atoms with Crippen molar-refractivity contribution in [1.29, 1.82) is 0 Å². The van der Waals surface area contributed by atoms with E-state index in [9.17, 15) is 4.79 Å². The van der Waals surface area contributed by atoms with Crippen molar-refractivity contribution in [3.05, 3.63) is 54.1 Å². The molecular formula is C15H20N4O. The van der Waals surface area contributed by atoms with Crippen LogP contribution in [0.4, 0.5) is 0 Å². The lowest BCUT2D eigenvalue weighted by Gasteiger charge is -2.03. The molecule has 2 aromatic rings. The van der Waals surface area contributed by atoms with Crippen LogP contribution < -0.4 is 11.1 Å². The van der Waals surface area contributed by atoms with Gasteiger partial charge in [0, 0.05) is 25.8 Å². The van der Waals surface area contributed by atoms with E-state index in [1.165, 1.54) is 5.56 Å². The SMILES string of the molecule is NCCn1cnc(C(=O)NCCCc2ccccc2)c1. The zero-order chi connectivity index (χ0) is 14.2.